The molecule has 3 rings (SSSR count). The number of rotatable bonds is 4. The molecule has 1 saturated heterocycles. The first-order chi connectivity index (χ1) is 11.0. The number of methoxy groups -OCH3 is 1. The van der Waals surface area contributed by atoms with Gasteiger partial charge >= 0.3 is 0 Å². The van der Waals surface area contributed by atoms with E-state index in [4.69, 9.17) is 9.47 Å². The molecule has 0 spiro atoms. The van der Waals surface area contributed by atoms with Gasteiger partial charge in [0.15, 0.2) is 0 Å². The molecule has 1 aliphatic heterocycles. The molecule has 1 atom stereocenters. The fourth-order valence-corrected chi connectivity index (χ4v) is 3.11. The lowest BCUT2D eigenvalue weighted by molar-refractivity contribution is -0.0954. The number of hydrogen-bond donors (Lipinski definition) is 0. The standard InChI is InChI=1S/C19H22FNO2/c1-14-8-15(2)10-16(9-14)11-19(20)12-21(13-23-19)17-4-6-18(22-3)7-5-17/h4-10H,11-13H2,1-3H3. The Kier molecular flexibility index (Phi) is 4.26. The molecule has 2 aromatic rings. The van der Waals surface area contributed by atoms with Gasteiger partial charge in [-0.05, 0) is 43.7 Å². The summed E-state index contributed by atoms with van der Waals surface area (Å²) in [5.41, 5.74) is 4.20. The minimum atomic E-state index is -1.65. The summed E-state index contributed by atoms with van der Waals surface area (Å²) in [6.45, 7) is 4.54. The lowest BCUT2D eigenvalue weighted by Crippen LogP contribution is -2.32. The van der Waals surface area contributed by atoms with Gasteiger partial charge in [-0.15, -0.1) is 0 Å². The number of aryl methyl sites for hydroxylation is 2. The van der Waals surface area contributed by atoms with Crippen LogP contribution in [0.15, 0.2) is 42.5 Å². The summed E-state index contributed by atoms with van der Waals surface area (Å²) in [4.78, 5) is 1.90. The molecule has 122 valence electrons. The normalized spacial score (nSPS) is 20.8. The average Bonchev–Trinajstić information content (AvgIpc) is 2.88. The summed E-state index contributed by atoms with van der Waals surface area (Å²) in [7, 11) is 1.63. The van der Waals surface area contributed by atoms with Crippen molar-refractivity contribution in [3.63, 3.8) is 0 Å². The van der Waals surface area contributed by atoms with E-state index in [-0.39, 0.29) is 19.7 Å². The highest BCUT2D eigenvalue weighted by Crippen LogP contribution is 2.31. The Bertz CT molecular complexity index is 666. The molecule has 3 nitrogen and oxygen atoms in total. The number of anilines is 1. The number of benzene rings is 2. The highest BCUT2D eigenvalue weighted by atomic mass is 19.2. The lowest BCUT2D eigenvalue weighted by Gasteiger charge is -2.20. The van der Waals surface area contributed by atoms with E-state index in [2.05, 4.69) is 6.07 Å². The lowest BCUT2D eigenvalue weighted by atomic mass is 10.0. The average molecular weight is 315 g/mol. The van der Waals surface area contributed by atoms with E-state index >= 15 is 4.39 Å². The van der Waals surface area contributed by atoms with Crippen LogP contribution in [0.2, 0.25) is 0 Å². The van der Waals surface area contributed by atoms with E-state index < -0.39 is 5.85 Å². The van der Waals surface area contributed by atoms with Gasteiger partial charge < -0.3 is 14.4 Å². The van der Waals surface area contributed by atoms with Gasteiger partial charge in [-0.3, -0.25) is 0 Å². The Hall–Kier alpha value is -2.07. The first-order valence-electron chi connectivity index (χ1n) is 7.76. The zero-order valence-corrected chi connectivity index (χ0v) is 13.8. The highest BCUT2D eigenvalue weighted by Gasteiger charge is 2.39. The molecule has 0 bridgehead atoms. The van der Waals surface area contributed by atoms with Crippen LogP contribution in [0, 0.1) is 13.8 Å². The summed E-state index contributed by atoms with van der Waals surface area (Å²) in [5.74, 6) is -0.865. The number of nitrogens with zero attached hydrogens (tertiary/aromatic N) is 1. The quantitative estimate of drug-likeness (QED) is 0.851. The van der Waals surface area contributed by atoms with Gasteiger partial charge in [0.1, 0.15) is 12.5 Å². The second kappa shape index (κ2) is 6.20. The maximum atomic E-state index is 15.1. The second-order valence-electron chi connectivity index (χ2n) is 6.23. The topological polar surface area (TPSA) is 21.7 Å². The molecule has 4 heteroatoms. The van der Waals surface area contributed by atoms with E-state index in [1.165, 1.54) is 0 Å². The molecular formula is C19H22FNO2. The van der Waals surface area contributed by atoms with Crippen molar-refractivity contribution in [2.45, 2.75) is 26.1 Å². The monoisotopic (exact) mass is 315 g/mol. The Morgan fingerprint density at radius 3 is 2.39 bits per heavy atom. The van der Waals surface area contributed by atoms with E-state index in [9.17, 15) is 0 Å². The Morgan fingerprint density at radius 1 is 1.13 bits per heavy atom. The number of halogens is 1. The summed E-state index contributed by atoms with van der Waals surface area (Å²) >= 11 is 0. The third-order valence-corrected chi connectivity index (χ3v) is 4.09. The largest absolute Gasteiger partial charge is 0.497 e. The molecule has 0 N–H and O–H groups in total. The smallest absolute Gasteiger partial charge is 0.232 e. The fraction of sp³-hybridized carbons (Fsp3) is 0.368. The van der Waals surface area contributed by atoms with Gasteiger partial charge in [0.2, 0.25) is 5.85 Å². The van der Waals surface area contributed by atoms with Crippen LogP contribution in [0.5, 0.6) is 5.75 Å². The maximum Gasteiger partial charge on any atom is 0.232 e. The van der Waals surface area contributed by atoms with Crippen LogP contribution >= 0.6 is 0 Å². The van der Waals surface area contributed by atoms with Crippen molar-refractivity contribution in [1.29, 1.82) is 0 Å². The number of ether oxygens (including phenoxy) is 2. The van der Waals surface area contributed by atoms with Gasteiger partial charge in [0.25, 0.3) is 0 Å². The van der Waals surface area contributed by atoms with E-state index in [1.807, 2.05) is 55.1 Å². The van der Waals surface area contributed by atoms with Crippen LogP contribution in [0.1, 0.15) is 16.7 Å². The fourth-order valence-electron chi connectivity index (χ4n) is 3.11. The van der Waals surface area contributed by atoms with Gasteiger partial charge in [-0.1, -0.05) is 29.3 Å². The van der Waals surface area contributed by atoms with Crippen molar-refractivity contribution in [2.75, 3.05) is 25.3 Å². The predicted octanol–water partition coefficient (Wildman–Crippen LogP) is 4.01. The SMILES string of the molecule is COc1ccc(N2COC(F)(Cc3cc(C)cc(C)c3)C2)cc1. The van der Waals surface area contributed by atoms with Crippen LogP contribution in [0.25, 0.3) is 0 Å². The van der Waals surface area contributed by atoms with Crippen molar-refractivity contribution in [3.8, 4) is 5.75 Å². The third-order valence-electron chi connectivity index (χ3n) is 4.09. The van der Waals surface area contributed by atoms with Gasteiger partial charge in [0, 0.05) is 12.1 Å². The van der Waals surface area contributed by atoms with Crippen LogP contribution in [0.3, 0.4) is 0 Å². The maximum absolute atomic E-state index is 15.1. The second-order valence-corrected chi connectivity index (χ2v) is 6.23. The molecule has 1 fully saturated rings. The first-order valence-corrected chi connectivity index (χ1v) is 7.76. The van der Waals surface area contributed by atoms with E-state index in [1.54, 1.807) is 7.11 Å². The Balaban J connectivity index is 1.71. The third kappa shape index (κ3) is 3.64. The van der Waals surface area contributed by atoms with E-state index in [0.717, 1.165) is 28.1 Å². The number of alkyl halides is 1. The van der Waals surface area contributed by atoms with Crippen LogP contribution in [0.4, 0.5) is 10.1 Å². The molecule has 0 aromatic heterocycles. The Labute approximate surface area is 136 Å². The molecule has 0 amide bonds. The van der Waals surface area contributed by atoms with Crippen molar-refractivity contribution < 1.29 is 13.9 Å². The van der Waals surface area contributed by atoms with Crippen molar-refractivity contribution in [2.24, 2.45) is 0 Å². The Morgan fingerprint density at radius 2 is 1.78 bits per heavy atom. The van der Waals surface area contributed by atoms with Crippen LogP contribution in [-0.2, 0) is 11.2 Å². The van der Waals surface area contributed by atoms with Crippen molar-refractivity contribution in [1.82, 2.24) is 0 Å². The predicted molar refractivity (Wildman–Crippen MR) is 89.8 cm³/mol. The molecule has 0 saturated carbocycles. The number of hydrogen-bond acceptors (Lipinski definition) is 3. The minimum Gasteiger partial charge on any atom is -0.497 e. The van der Waals surface area contributed by atoms with E-state index in [0.29, 0.717) is 0 Å². The molecule has 1 unspecified atom stereocenters. The van der Waals surface area contributed by atoms with Crippen molar-refractivity contribution >= 4 is 5.69 Å². The molecule has 23 heavy (non-hydrogen) atoms. The summed E-state index contributed by atoms with van der Waals surface area (Å²) in [6, 6.07) is 13.7. The molecule has 1 aliphatic rings. The zero-order chi connectivity index (χ0) is 16.4. The highest BCUT2D eigenvalue weighted by molar-refractivity contribution is 5.49. The van der Waals surface area contributed by atoms with Crippen LogP contribution in [-0.4, -0.2) is 26.2 Å². The zero-order valence-electron chi connectivity index (χ0n) is 13.8. The molecule has 0 radical (unpaired) electrons. The molecule has 0 aliphatic carbocycles. The summed E-state index contributed by atoms with van der Waals surface area (Å²) < 4.78 is 25.7. The molecule has 1 heterocycles. The van der Waals surface area contributed by atoms with Crippen LogP contribution < -0.4 is 9.64 Å². The first kappa shape index (κ1) is 15.8. The van der Waals surface area contributed by atoms with Gasteiger partial charge in [0.05, 0.1) is 13.7 Å². The summed E-state index contributed by atoms with van der Waals surface area (Å²) in [6.07, 6.45) is 0.266. The van der Waals surface area contributed by atoms with Gasteiger partial charge in [-0.2, -0.15) is 0 Å². The molecule has 2 aromatic carbocycles. The molecular weight excluding hydrogens is 293 g/mol. The van der Waals surface area contributed by atoms with Crippen molar-refractivity contribution in [3.05, 3.63) is 59.2 Å². The summed E-state index contributed by atoms with van der Waals surface area (Å²) in [5, 5.41) is 0. The van der Waals surface area contributed by atoms with Gasteiger partial charge in [-0.25, -0.2) is 4.39 Å². The minimum absolute atomic E-state index is 0.228.